The molecule has 0 amide bonds. The van der Waals surface area contributed by atoms with Crippen molar-refractivity contribution in [1.82, 2.24) is 20.4 Å². The molecule has 3 aromatic carbocycles. The second-order valence-electron chi connectivity index (χ2n) is 8.65. The first-order valence-corrected chi connectivity index (χ1v) is 11.2. The first-order chi connectivity index (χ1) is 16.3. The Hall–Kier alpha value is -4.44. The third kappa shape index (κ3) is 2.64. The van der Waals surface area contributed by atoms with Gasteiger partial charge >= 0.3 is 0 Å². The van der Waals surface area contributed by atoms with E-state index in [9.17, 15) is 0 Å². The molecule has 0 saturated carbocycles. The van der Waals surface area contributed by atoms with Gasteiger partial charge in [-0.1, -0.05) is 49.1 Å². The van der Waals surface area contributed by atoms with Gasteiger partial charge in [0.2, 0.25) is 0 Å². The highest BCUT2D eigenvalue weighted by molar-refractivity contribution is 6.18. The molecule has 3 heterocycles. The number of rotatable bonds is 2. The zero-order chi connectivity index (χ0) is 21.9. The van der Waals surface area contributed by atoms with E-state index in [1.54, 1.807) is 0 Å². The van der Waals surface area contributed by atoms with Gasteiger partial charge in [0.15, 0.2) is 0 Å². The molecular formula is C29H22N4. The third-order valence-corrected chi connectivity index (χ3v) is 6.77. The number of aromatic amines is 1. The Kier molecular flexibility index (Phi) is 3.73. The summed E-state index contributed by atoms with van der Waals surface area (Å²) in [6.45, 7) is 4.23. The summed E-state index contributed by atoms with van der Waals surface area (Å²) in [5.41, 5.74) is 15.5. The second-order valence-corrected chi connectivity index (χ2v) is 8.65. The van der Waals surface area contributed by atoms with Crippen molar-refractivity contribution >= 4 is 49.3 Å². The van der Waals surface area contributed by atoms with E-state index in [2.05, 4.69) is 99.8 Å². The maximum atomic E-state index is 4.23. The minimum absolute atomic E-state index is 0.873. The van der Waals surface area contributed by atoms with Crippen molar-refractivity contribution in [1.29, 1.82) is 0 Å². The highest BCUT2D eigenvalue weighted by Crippen LogP contribution is 2.39. The minimum atomic E-state index is 0.873. The van der Waals surface area contributed by atoms with E-state index < -0.39 is 0 Å². The minimum Gasteiger partial charge on any atom is -0.354 e. The lowest BCUT2D eigenvalue weighted by Gasteiger charge is -2.09. The van der Waals surface area contributed by atoms with Crippen molar-refractivity contribution in [3.8, 4) is 0 Å². The Balaban J connectivity index is 1.47. The molecule has 3 N–H and O–H groups in total. The number of hydrogen-bond acceptors (Lipinski definition) is 2. The number of aromatic nitrogens is 2. The van der Waals surface area contributed by atoms with Crippen molar-refractivity contribution in [2.45, 2.75) is 6.42 Å². The Morgan fingerprint density at radius 3 is 2.58 bits per heavy atom. The summed E-state index contributed by atoms with van der Waals surface area (Å²) in [4.78, 5) is 3.61. The van der Waals surface area contributed by atoms with Gasteiger partial charge in [0, 0.05) is 56.2 Å². The fraction of sp³-hybridized carbons (Fsp3) is 0.0345. The van der Waals surface area contributed by atoms with Crippen molar-refractivity contribution in [3.05, 3.63) is 115 Å². The second kappa shape index (κ2) is 6.78. The molecule has 0 radical (unpaired) electrons. The van der Waals surface area contributed by atoms with Crippen LogP contribution in [0.3, 0.4) is 0 Å². The molecule has 4 nitrogen and oxygen atoms in total. The SMILES string of the molecule is C=C1C=CNNC=C1C1=CC(n2c3ccccc3c3cc4c(cc32)[nH]c2ccccc24)=CC1. The quantitative estimate of drug-likeness (QED) is 0.295. The summed E-state index contributed by atoms with van der Waals surface area (Å²) in [5.74, 6) is 0. The molecule has 0 bridgehead atoms. The molecule has 5 aromatic rings. The zero-order valence-corrected chi connectivity index (χ0v) is 18.0. The predicted octanol–water partition coefficient (Wildman–Crippen LogP) is 6.66. The van der Waals surface area contributed by atoms with Gasteiger partial charge in [-0.3, -0.25) is 0 Å². The third-order valence-electron chi connectivity index (χ3n) is 6.77. The number of hydrazine groups is 1. The van der Waals surface area contributed by atoms with Gasteiger partial charge in [0.25, 0.3) is 0 Å². The van der Waals surface area contributed by atoms with E-state index in [1.165, 1.54) is 49.4 Å². The summed E-state index contributed by atoms with van der Waals surface area (Å²) in [6.07, 6.45) is 11.3. The van der Waals surface area contributed by atoms with Gasteiger partial charge < -0.3 is 20.4 Å². The molecule has 0 spiro atoms. The van der Waals surface area contributed by atoms with E-state index in [-0.39, 0.29) is 0 Å². The normalized spacial score (nSPS) is 16.1. The highest BCUT2D eigenvalue weighted by atomic mass is 15.3. The lowest BCUT2D eigenvalue weighted by Crippen LogP contribution is -2.19. The number of H-pyrrole nitrogens is 1. The number of allylic oxidation sites excluding steroid dienone is 7. The van der Waals surface area contributed by atoms with Gasteiger partial charge in [0.1, 0.15) is 0 Å². The van der Waals surface area contributed by atoms with Crippen LogP contribution in [0.2, 0.25) is 0 Å². The maximum absolute atomic E-state index is 4.23. The van der Waals surface area contributed by atoms with Crippen LogP contribution in [0.25, 0.3) is 49.3 Å². The standard InChI is InChI=1S/C29H22N4/c1-18-12-13-30-31-17-25(18)19-10-11-20(14-19)33-28-9-5-3-7-22(28)24-15-23-21-6-2-4-8-26(21)32-27(23)16-29(24)33/h2-9,11-17,30-32H,1,10H2. The molecule has 2 aliphatic rings. The molecule has 0 saturated heterocycles. The fourth-order valence-electron chi connectivity index (χ4n) is 5.23. The number of fused-ring (bicyclic) bond motifs is 6. The average Bonchev–Trinajstić information content (AvgIpc) is 3.49. The Labute approximate surface area is 190 Å². The first kappa shape index (κ1) is 18.2. The monoisotopic (exact) mass is 426 g/mol. The van der Waals surface area contributed by atoms with Crippen molar-refractivity contribution in [3.63, 3.8) is 0 Å². The van der Waals surface area contributed by atoms with Crippen LogP contribution in [-0.2, 0) is 0 Å². The van der Waals surface area contributed by atoms with Crippen molar-refractivity contribution < 1.29 is 0 Å². The first-order valence-electron chi connectivity index (χ1n) is 11.2. The zero-order valence-electron chi connectivity index (χ0n) is 18.0. The van der Waals surface area contributed by atoms with E-state index in [0.717, 1.165) is 23.1 Å². The van der Waals surface area contributed by atoms with Crippen LogP contribution in [0.5, 0.6) is 0 Å². The number of para-hydroxylation sites is 2. The van der Waals surface area contributed by atoms with E-state index >= 15 is 0 Å². The van der Waals surface area contributed by atoms with Crippen LogP contribution in [0.15, 0.2) is 115 Å². The number of nitrogens with one attached hydrogen (secondary N) is 3. The molecule has 7 rings (SSSR count). The van der Waals surface area contributed by atoms with Gasteiger partial charge in [0.05, 0.1) is 11.0 Å². The fourth-order valence-corrected chi connectivity index (χ4v) is 5.23. The van der Waals surface area contributed by atoms with Crippen molar-refractivity contribution in [2.24, 2.45) is 0 Å². The van der Waals surface area contributed by atoms with E-state index in [0.29, 0.717) is 0 Å². The molecule has 1 aliphatic carbocycles. The molecule has 0 fully saturated rings. The summed E-state index contributed by atoms with van der Waals surface area (Å²) in [6, 6.07) is 21.9. The summed E-state index contributed by atoms with van der Waals surface area (Å²) in [5, 5.41) is 5.08. The summed E-state index contributed by atoms with van der Waals surface area (Å²) < 4.78 is 2.39. The molecule has 33 heavy (non-hydrogen) atoms. The number of benzene rings is 3. The Bertz CT molecular complexity index is 1750. The van der Waals surface area contributed by atoms with Crippen LogP contribution in [-0.4, -0.2) is 9.55 Å². The topological polar surface area (TPSA) is 44.8 Å². The Morgan fingerprint density at radius 1 is 0.788 bits per heavy atom. The van der Waals surface area contributed by atoms with Crippen LogP contribution < -0.4 is 10.9 Å². The number of hydrogen-bond donors (Lipinski definition) is 3. The molecular weight excluding hydrogens is 404 g/mol. The molecule has 2 aromatic heterocycles. The lowest BCUT2D eigenvalue weighted by molar-refractivity contribution is 0.778. The van der Waals surface area contributed by atoms with Gasteiger partial charge in [-0.2, -0.15) is 0 Å². The van der Waals surface area contributed by atoms with Crippen LogP contribution in [0.1, 0.15) is 6.42 Å². The predicted molar refractivity (Wildman–Crippen MR) is 138 cm³/mol. The Morgan fingerprint density at radius 2 is 1.64 bits per heavy atom. The number of nitrogens with zero attached hydrogens (tertiary/aromatic N) is 1. The molecule has 158 valence electrons. The van der Waals surface area contributed by atoms with E-state index in [4.69, 9.17) is 0 Å². The summed E-state index contributed by atoms with van der Waals surface area (Å²) in [7, 11) is 0. The maximum Gasteiger partial charge on any atom is 0.0562 e. The molecule has 4 heteroatoms. The summed E-state index contributed by atoms with van der Waals surface area (Å²) >= 11 is 0. The van der Waals surface area contributed by atoms with Crippen LogP contribution >= 0.6 is 0 Å². The van der Waals surface area contributed by atoms with Crippen LogP contribution in [0, 0.1) is 0 Å². The molecule has 0 unspecified atom stereocenters. The molecule has 0 atom stereocenters. The van der Waals surface area contributed by atoms with Gasteiger partial charge in [-0.25, -0.2) is 0 Å². The highest BCUT2D eigenvalue weighted by Gasteiger charge is 2.19. The largest absolute Gasteiger partial charge is 0.354 e. The lowest BCUT2D eigenvalue weighted by atomic mass is 9.99. The van der Waals surface area contributed by atoms with Crippen molar-refractivity contribution in [2.75, 3.05) is 0 Å². The van der Waals surface area contributed by atoms with Gasteiger partial charge in [-0.15, -0.1) is 0 Å². The molecule has 1 aliphatic heterocycles. The average molecular weight is 427 g/mol. The van der Waals surface area contributed by atoms with Gasteiger partial charge in [-0.05, 0) is 54.0 Å². The van der Waals surface area contributed by atoms with Crippen LogP contribution in [0.4, 0.5) is 0 Å². The van der Waals surface area contributed by atoms with E-state index in [1.807, 2.05) is 18.5 Å². The smallest absolute Gasteiger partial charge is 0.0562 e.